The fraction of sp³-hybridized carbons (Fsp3) is 0.154. The number of hydrogen-bond acceptors (Lipinski definition) is 4. The van der Waals surface area contributed by atoms with Gasteiger partial charge in [-0.1, -0.05) is 55.3 Å². The first kappa shape index (κ1) is 21.7. The zero-order valence-electron chi connectivity index (χ0n) is 17.7. The first-order valence-electron chi connectivity index (χ1n) is 10.5. The average Bonchev–Trinajstić information content (AvgIpc) is 3.03. The molecule has 0 atom stereocenters. The summed E-state index contributed by atoms with van der Waals surface area (Å²) in [6.07, 6.45) is 3.27. The minimum atomic E-state index is -0.560. The number of ether oxygens (including phenoxy) is 1. The monoisotopic (exact) mass is 446 g/mol. The average molecular weight is 447 g/mol. The summed E-state index contributed by atoms with van der Waals surface area (Å²) in [6.45, 7) is 2.16. The number of unbranched alkanes of at least 4 members (excludes halogenated alkanes) is 1. The molecule has 0 radical (unpaired) electrons. The van der Waals surface area contributed by atoms with E-state index >= 15 is 0 Å². The van der Waals surface area contributed by atoms with Crippen LogP contribution in [0.15, 0.2) is 89.6 Å². The zero-order valence-corrected chi connectivity index (χ0v) is 18.4. The maximum atomic E-state index is 13.0. The van der Waals surface area contributed by atoms with Crippen molar-refractivity contribution in [3.8, 4) is 11.5 Å². The van der Waals surface area contributed by atoms with E-state index in [0.29, 0.717) is 22.9 Å². The van der Waals surface area contributed by atoms with Crippen LogP contribution >= 0.6 is 11.6 Å². The Balaban J connectivity index is 1.47. The Hall–Kier alpha value is -3.57. The van der Waals surface area contributed by atoms with Crippen LogP contribution in [0.2, 0.25) is 0 Å². The second-order valence-electron chi connectivity index (χ2n) is 7.47. The van der Waals surface area contributed by atoms with Crippen LogP contribution in [-0.4, -0.2) is 11.8 Å². The minimum absolute atomic E-state index is 0.0718. The topological polar surface area (TPSA) is 58.6 Å². The Labute approximate surface area is 192 Å². The van der Waals surface area contributed by atoms with Crippen molar-refractivity contribution in [2.45, 2.75) is 26.2 Å². The predicted octanol–water partition coefficient (Wildman–Crippen LogP) is 6.26. The highest BCUT2D eigenvalue weighted by Crippen LogP contribution is 2.32. The Morgan fingerprint density at radius 2 is 1.50 bits per heavy atom. The third-order valence-corrected chi connectivity index (χ3v) is 5.49. The van der Waals surface area contributed by atoms with Crippen molar-refractivity contribution in [3.63, 3.8) is 0 Å². The van der Waals surface area contributed by atoms with Crippen LogP contribution in [0.5, 0.6) is 11.5 Å². The third-order valence-electron chi connectivity index (χ3n) is 5.14. The molecular weight excluding hydrogens is 424 g/mol. The lowest BCUT2D eigenvalue weighted by Crippen LogP contribution is -2.32. The molecule has 162 valence electrons. The summed E-state index contributed by atoms with van der Waals surface area (Å²) in [6, 6.07) is 23.9. The quantitative estimate of drug-likeness (QED) is 0.415. The fourth-order valence-electron chi connectivity index (χ4n) is 3.41. The molecule has 0 aliphatic carbocycles. The standard InChI is InChI=1S/C26H23ClN2O3/c1-2-3-7-18-10-12-19(13-11-18)28-24-23(27)25(30)29(26(24)31)20-14-16-22(17-15-20)32-21-8-5-4-6-9-21/h4-6,8-17,28H,2-3,7H2,1H3. The van der Waals surface area contributed by atoms with Crippen LogP contribution in [0, 0.1) is 0 Å². The molecule has 4 rings (SSSR count). The lowest BCUT2D eigenvalue weighted by molar-refractivity contribution is -0.120. The van der Waals surface area contributed by atoms with Crippen molar-refractivity contribution in [1.82, 2.24) is 0 Å². The molecule has 0 saturated heterocycles. The van der Waals surface area contributed by atoms with Crippen molar-refractivity contribution < 1.29 is 14.3 Å². The second kappa shape index (κ2) is 9.71. The van der Waals surface area contributed by atoms with E-state index in [1.54, 1.807) is 24.3 Å². The number of carbonyl (C=O) groups excluding carboxylic acids is 2. The number of amides is 2. The Morgan fingerprint density at radius 1 is 0.844 bits per heavy atom. The molecule has 5 nitrogen and oxygen atoms in total. The van der Waals surface area contributed by atoms with E-state index in [1.165, 1.54) is 5.56 Å². The van der Waals surface area contributed by atoms with Gasteiger partial charge in [-0.25, -0.2) is 4.90 Å². The van der Waals surface area contributed by atoms with Gasteiger partial charge in [0.25, 0.3) is 11.8 Å². The molecule has 6 heteroatoms. The van der Waals surface area contributed by atoms with Gasteiger partial charge in [-0.3, -0.25) is 9.59 Å². The minimum Gasteiger partial charge on any atom is -0.457 e. The van der Waals surface area contributed by atoms with Crippen molar-refractivity contribution in [2.75, 3.05) is 10.2 Å². The number of nitrogens with zero attached hydrogens (tertiary/aromatic N) is 1. The Bertz CT molecular complexity index is 1140. The number of imide groups is 1. The number of nitrogens with one attached hydrogen (secondary N) is 1. The summed E-state index contributed by atoms with van der Waals surface area (Å²) in [5.41, 5.74) is 2.42. The van der Waals surface area contributed by atoms with Crippen LogP contribution in [0.1, 0.15) is 25.3 Å². The van der Waals surface area contributed by atoms with E-state index in [9.17, 15) is 9.59 Å². The molecule has 0 saturated carbocycles. The van der Waals surface area contributed by atoms with E-state index in [2.05, 4.69) is 12.2 Å². The third kappa shape index (κ3) is 4.68. The van der Waals surface area contributed by atoms with Crippen LogP contribution in [0.3, 0.4) is 0 Å². The molecule has 0 bridgehead atoms. The smallest absolute Gasteiger partial charge is 0.283 e. The molecular formula is C26H23ClN2O3. The molecule has 2 amide bonds. The van der Waals surface area contributed by atoms with Gasteiger partial charge in [0.15, 0.2) is 0 Å². The molecule has 0 fully saturated rings. The van der Waals surface area contributed by atoms with Gasteiger partial charge >= 0.3 is 0 Å². The van der Waals surface area contributed by atoms with E-state index < -0.39 is 11.8 Å². The van der Waals surface area contributed by atoms with Gasteiger partial charge in [-0.15, -0.1) is 0 Å². The number of hydrogen-bond donors (Lipinski definition) is 1. The summed E-state index contributed by atoms with van der Waals surface area (Å²) in [5.74, 6) is 0.243. The van der Waals surface area contributed by atoms with Crippen LogP contribution in [-0.2, 0) is 16.0 Å². The zero-order chi connectivity index (χ0) is 22.5. The molecule has 3 aromatic carbocycles. The molecule has 1 heterocycles. The summed E-state index contributed by atoms with van der Waals surface area (Å²) >= 11 is 6.24. The van der Waals surface area contributed by atoms with Crippen LogP contribution < -0.4 is 15.0 Å². The molecule has 1 aliphatic rings. The largest absolute Gasteiger partial charge is 0.457 e. The number of anilines is 2. The van der Waals surface area contributed by atoms with Gasteiger partial charge in [-0.05, 0) is 66.9 Å². The van der Waals surface area contributed by atoms with Gasteiger partial charge in [0.2, 0.25) is 0 Å². The molecule has 1 aliphatic heterocycles. The van der Waals surface area contributed by atoms with Crippen LogP contribution in [0.4, 0.5) is 11.4 Å². The fourth-order valence-corrected chi connectivity index (χ4v) is 3.63. The molecule has 0 aromatic heterocycles. The van der Waals surface area contributed by atoms with Gasteiger partial charge in [0, 0.05) is 5.69 Å². The van der Waals surface area contributed by atoms with E-state index in [4.69, 9.17) is 16.3 Å². The highest BCUT2D eigenvalue weighted by atomic mass is 35.5. The molecule has 1 N–H and O–H groups in total. The number of aryl methyl sites for hydroxylation is 1. The summed E-state index contributed by atoms with van der Waals surface area (Å²) in [5, 5.41) is 2.88. The normalized spacial score (nSPS) is 13.6. The number of halogens is 1. The molecule has 3 aromatic rings. The van der Waals surface area contributed by atoms with Crippen molar-refractivity contribution in [2.24, 2.45) is 0 Å². The first-order valence-corrected chi connectivity index (χ1v) is 10.9. The lowest BCUT2D eigenvalue weighted by atomic mass is 10.1. The summed E-state index contributed by atoms with van der Waals surface area (Å²) in [4.78, 5) is 26.8. The summed E-state index contributed by atoms with van der Waals surface area (Å²) < 4.78 is 5.77. The SMILES string of the molecule is CCCCc1ccc(NC2=C(Cl)C(=O)N(c3ccc(Oc4ccccc4)cc3)C2=O)cc1. The number of benzene rings is 3. The van der Waals surface area contributed by atoms with E-state index in [1.807, 2.05) is 54.6 Å². The van der Waals surface area contributed by atoms with Gasteiger partial charge < -0.3 is 10.1 Å². The van der Waals surface area contributed by atoms with Gasteiger partial charge in [0.05, 0.1) is 5.69 Å². The Kier molecular flexibility index (Phi) is 6.57. The van der Waals surface area contributed by atoms with E-state index in [-0.39, 0.29) is 10.7 Å². The maximum absolute atomic E-state index is 13.0. The second-order valence-corrected chi connectivity index (χ2v) is 7.85. The van der Waals surface area contributed by atoms with Gasteiger partial charge in [-0.2, -0.15) is 0 Å². The molecule has 0 unspecified atom stereocenters. The highest BCUT2D eigenvalue weighted by molar-refractivity contribution is 6.53. The van der Waals surface area contributed by atoms with Crippen molar-refractivity contribution in [3.05, 3.63) is 95.2 Å². The molecule has 32 heavy (non-hydrogen) atoms. The van der Waals surface area contributed by atoms with Crippen LogP contribution in [0.25, 0.3) is 0 Å². The lowest BCUT2D eigenvalue weighted by Gasteiger charge is -2.16. The highest BCUT2D eigenvalue weighted by Gasteiger charge is 2.38. The van der Waals surface area contributed by atoms with Crippen molar-refractivity contribution in [1.29, 1.82) is 0 Å². The number of rotatable bonds is 8. The maximum Gasteiger partial charge on any atom is 0.283 e. The van der Waals surface area contributed by atoms with E-state index in [0.717, 1.165) is 24.2 Å². The molecule has 0 spiro atoms. The van der Waals surface area contributed by atoms with Crippen molar-refractivity contribution >= 4 is 34.8 Å². The summed E-state index contributed by atoms with van der Waals surface area (Å²) in [7, 11) is 0. The Morgan fingerprint density at radius 3 is 2.16 bits per heavy atom. The van der Waals surface area contributed by atoms with Gasteiger partial charge in [0.1, 0.15) is 22.2 Å². The number of para-hydroxylation sites is 1. The first-order chi connectivity index (χ1) is 15.6. The predicted molar refractivity (Wildman–Crippen MR) is 127 cm³/mol. The number of carbonyl (C=O) groups is 2.